The number of aromatic nitrogens is 3. The Morgan fingerprint density at radius 1 is 1.05 bits per heavy atom. The minimum absolute atomic E-state index is 0.0546. The number of alkyl halides is 3. The van der Waals surface area contributed by atoms with Crippen LogP contribution < -0.4 is 20.7 Å². The van der Waals surface area contributed by atoms with E-state index in [0.717, 1.165) is 33.9 Å². The Kier molecular flexibility index (Phi) is 8.05. The third-order valence-corrected chi connectivity index (χ3v) is 5.35. The van der Waals surface area contributed by atoms with Gasteiger partial charge in [0.25, 0.3) is 0 Å². The summed E-state index contributed by atoms with van der Waals surface area (Å²) in [5.74, 6) is -0.234. The van der Waals surface area contributed by atoms with Crippen molar-refractivity contribution in [2.75, 3.05) is 17.2 Å². The van der Waals surface area contributed by atoms with E-state index in [2.05, 4.69) is 40.6 Å². The minimum Gasteiger partial charge on any atom is -0.406 e. The number of guanidine groups is 1. The zero-order valence-electron chi connectivity index (χ0n) is 20.3. The summed E-state index contributed by atoms with van der Waals surface area (Å²) in [4.78, 5) is 16.3. The molecule has 4 N–H and O–H groups in total. The van der Waals surface area contributed by atoms with Gasteiger partial charge >= 0.3 is 6.36 Å². The number of rotatable bonds is 6. The number of aliphatic imine (C=N–C) groups is 1. The summed E-state index contributed by atoms with van der Waals surface area (Å²) in [5, 5.41) is 9.51. The van der Waals surface area contributed by atoms with Crippen molar-refractivity contribution in [2.24, 2.45) is 4.99 Å². The third-order valence-electron chi connectivity index (χ3n) is 5.15. The normalized spacial score (nSPS) is 11.9. The van der Waals surface area contributed by atoms with Crippen molar-refractivity contribution in [1.29, 1.82) is 0 Å². The van der Waals surface area contributed by atoms with E-state index in [1.165, 1.54) is 30.3 Å². The monoisotopic (exact) mass is 545 g/mol. The topological polar surface area (TPSA) is 99.2 Å². The van der Waals surface area contributed by atoms with Crippen molar-refractivity contribution < 1.29 is 22.3 Å². The number of fused-ring (bicyclic) bond motifs is 1. The smallest absolute Gasteiger partial charge is 0.406 e. The van der Waals surface area contributed by atoms with Crippen molar-refractivity contribution in [3.05, 3.63) is 77.5 Å². The van der Waals surface area contributed by atoms with Gasteiger partial charge in [-0.1, -0.05) is 6.07 Å². The van der Waals surface area contributed by atoms with Gasteiger partial charge in [-0.2, -0.15) is 0 Å². The van der Waals surface area contributed by atoms with Gasteiger partial charge in [-0.15, -0.1) is 13.2 Å². The summed E-state index contributed by atoms with van der Waals surface area (Å²) < 4.78 is 55.4. The van der Waals surface area contributed by atoms with Gasteiger partial charge in [-0.3, -0.25) is 10.3 Å². The molecule has 2 aromatic carbocycles. The molecule has 0 radical (unpaired) electrons. The van der Waals surface area contributed by atoms with E-state index in [-0.39, 0.29) is 28.5 Å². The van der Waals surface area contributed by atoms with Crippen LogP contribution >= 0.6 is 12.2 Å². The number of hydrogen-bond donors (Lipinski definition) is 4. The molecule has 2 heterocycles. The second-order valence-electron chi connectivity index (χ2n) is 8.24. The quantitative estimate of drug-likeness (QED) is 0.108. The predicted octanol–water partition coefficient (Wildman–Crippen LogP) is 5.61. The SMILES string of the molecule is Cc1cc(C)nc(NC(=NCCc2c[nH]c3ccc(F)cc23)NC(=S)Nc2cccc(OC(F)(F)F)c2)n1. The average Bonchev–Trinajstić information content (AvgIpc) is 3.19. The highest BCUT2D eigenvalue weighted by molar-refractivity contribution is 7.80. The minimum atomic E-state index is -4.82. The molecule has 0 saturated carbocycles. The van der Waals surface area contributed by atoms with Gasteiger partial charge in [0.1, 0.15) is 11.6 Å². The van der Waals surface area contributed by atoms with Crippen LogP contribution in [0.15, 0.2) is 59.7 Å². The Morgan fingerprint density at radius 3 is 2.55 bits per heavy atom. The molecule has 0 aliphatic heterocycles. The van der Waals surface area contributed by atoms with Crippen LogP contribution in [0.4, 0.5) is 29.2 Å². The number of hydrogen-bond acceptors (Lipinski definition) is 5. The lowest BCUT2D eigenvalue weighted by molar-refractivity contribution is -0.274. The number of halogens is 4. The van der Waals surface area contributed by atoms with E-state index < -0.39 is 12.1 Å². The fraction of sp³-hybridized carbons (Fsp3) is 0.200. The molecular formula is C25H23F4N7OS. The maximum atomic E-state index is 13.7. The lowest BCUT2D eigenvalue weighted by Gasteiger charge is -2.15. The number of aromatic amines is 1. The Labute approximate surface area is 220 Å². The molecule has 4 aromatic rings. The number of ether oxygens (including phenoxy) is 1. The van der Waals surface area contributed by atoms with Crippen LogP contribution in [0.1, 0.15) is 17.0 Å². The molecule has 0 saturated heterocycles. The number of aryl methyl sites for hydroxylation is 2. The molecule has 0 aliphatic carbocycles. The standard InChI is InChI=1S/C25H23F4N7OS/c1-14-10-15(2)33-23(32-14)35-22(30-9-8-16-13-31-21-7-6-17(26)11-20(16)21)36-24(38)34-18-4-3-5-19(12-18)37-25(27,28)29/h3-7,10-13,31H,8-9H2,1-2H3,(H3,30,32,33,34,35,36,38). The summed E-state index contributed by atoms with van der Waals surface area (Å²) >= 11 is 5.35. The second-order valence-corrected chi connectivity index (χ2v) is 8.65. The summed E-state index contributed by atoms with van der Waals surface area (Å²) in [7, 11) is 0. The van der Waals surface area contributed by atoms with Crippen LogP contribution in [0.25, 0.3) is 10.9 Å². The van der Waals surface area contributed by atoms with Crippen LogP contribution in [0.5, 0.6) is 5.75 Å². The van der Waals surface area contributed by atoms with Gasteiger partial charge in [-0.05, 0) is 74.4 Å². The largest absolute Gasteiger partial charge is 0.573 e. The lowest BCUT2D eigenvalue weighted by Crippen LogP contribution is -2.39. The Balaban J connectivity index is 1.49. The number of thiocarbonyl (C=S) groups is 1. The van der Waals surface area contributed by atoms with Gasteiger partial charge in [0, 0.05) is 46.8 Å². The highest BCUT2D eigenvalue weighted by Crippen LogP contribution is 2.25. The Morgan fingerprint density at radius 2 is 1.82 bits per heavy atom. The molecule has 8 nitrogen and oxygen atoms in total. The maximum Gasteiger partial charge on any atom is 0.573 e. The van der Waals surface area contributed by atoms with E-state index in [0.29, 0.717) is 13.0 Å². The Hall–Kier alpha value is -4.26. The van der Waals surface area contributed by atoms with Crippen molar-refractivity contribution in [3.63, 3.8) is 0 Å². The first-order valence-electron chi connectivity index (χ1n) is 11.4. The van der Waals surface area contributed by atoms with Gasteiger partial charge in [-0.25, -0.2) is 14.4 Å². The highest BCUT2D eigenvalue weighted by atomic mass is 32.1. The van der Waals surface area contributed by atoms with E-state index in [4.69, 9.17) is 12.2 Å². The molecule has 0 unspecified atom stereocenters. The van der Waals surface area contributed by atoms with E-state index in [1.807, 2.05) is 19.9 Å². The van der Waals surface area contributed by atoms with Crippen LogP contribution in [-0.2, 0) is 6.42 Å². The van der Waals surface area contributed by atoms with Crippen LogP contribution in [0.3, 0.4) is 0 Å². The van der Waals surface area contributed by atoms with Crippen molar-refractivity contribution >= 4 is 45.8 Å². The fourth-order valence-corrected chi connectivity index (χ4v) is 3.90. The molecule has 0 atom stereocenters. The van der Waals surface area contributed by atoms with E-state index in [9.17, 15) is 17.6 Å². The number of nitrogens with one attached hydrogen (secondary N) is 4. The molecule has 4 rings (SSSR count). The zero-order valence-corrected chi connectivity index (χ0v) is 21.1. The molecule has 13 heteroatoms. The highest BCUT2D eigenvalue weighted by Gasteiger charge is 2.31. The predicted molar refractivity (Wildman–Crippen MR) is 142 cm³/mol. The fourth-order valence-electron chi connectivity index (χ4n) is 3.68. The molecule has 198 valence electrons. The molecule has 2 aromatic heterocycles. The summed E-state index contributed by atoms with van der Waals surface area (Å²) in [6, 6.07) is 11.6. The summed E-state index contributed by atoms with van der Waals surface area (Å²) in [6.07, 6.45) is -2.53. The van der Waals surface area contributed by atoms with E-state index in [1.54, 1.807) is 12.3 Å². The van der Waals surface area contributed by atoms with Crippen molar-refractivity contribution in [1.82, 2.24) is 20.3 Å². The van der Waals surface area contributed by atoms with Crippen molar-refractivity contribution in [3.8, 4) is 5.75 Å². The average molecular weight is 546 g/mol. The van der Waals surface area contributed by atoms with Gasteiger partial charge < -0.3 is 20.4 Å². The number of anilines is 2. The van der Waals surface area contributed by atoms with Crippen LogP contribution in [0.2, 0.25) is 0 Å². The Bertz CT molecular complexity index is 1470. The summed E-state index contributed by atoms with van der Waals surface area (Å²) in [5.41, 5.74) is 3.44. The lowest BCUT2D eigenvalue weighted by atomic mass is 10.1. The van der Waals surface area contributed by atoms with E-state index >= 15 is 0 Å². The first kappa shape index (κ1) is 26.8. The third kappa shape index (κ3) is 7.62. The molecule has 0 aliphatic rings. The molecular weight excluding hydrogens is 522 g/mol. The van der Waals surface area contributed by atoms with Gasteiger partial charge in [0.2, 0.25) is 11.9 Å². The van der Waals surface area contributed by atoms with Gasteiger partial charge in [0.05, 0.1) is 0 Å². The van der Waals surface area contributed by atoms with Crippen LogP contribution in [-0.4, -0.2) is 38.9 Å². The first-order valence-corrected chi connectivity index (χ1v) is 11.8. The summed E-state index contributed by atoms with van der Waals surface area (Å²) in [6.45, 7) is 3.94. The number of H-pyrrole nitrogens is 1. The first-order chi connectivity index (χ1) is 18.0. The molecule has 0 spiro atoms. The number of nitrogens with zero attached hydrogens (tertiary/aromatic N) is 3. The molecule has 38 heavy (non-hydrogen) atoms. The van der Waals surface area contributed by atoms with Crippen molar-refractivity contribution in [2.45, 2.75) is 26.6 Å². The second kappa shape index (κ2) is 11.4. The maximum absolute atomic E-state index is 13.7. The molecule has 0 fully saturated rings. The zero-order chi connectivity index (χ0) is 27.3. The molecule has 0 bridgehead atoms. The van der Waals surface area contributed by atoms with Crippen LogP contribution in [0, 0.1) is 19.7 Å². The molecule has 0 amide bonds. The number of benzene rings is 2. The van der Waals surface area contributed by atoms with Gasteiger partial charge in [0.15, 0.2) is 5.11 Å².